The summed E-state index contributed by atoms with van der Waals surface area (Å²) in [5, 5.41) is 0. The number of rotatable bonds is 13. The molecule has 132 valence electrons. The van der Waals surface area contributed by atoms with Crippen LogP contribution in [0.15, 0.2) is 0 Å². The zero-order valence-corrected chi connectivity index (χ0v) is 18.2. The van der Waals surface area contributed by atoms with Crippen LogP contribution in [0.1, 0.15) is 47.5 Å². The average molecular weight is 448 g/mol. The minimum absolute atomic E-state index is 0.0691. The van der Waals surface area contributed by atoms with Gasteiger partial charge in [-0.15, -0.1) is 0 Å². The van der Waals surface area contributed by atoms with Gasteiger partial charge >= 0.3 is 147 Å². The van der Waals surface area contributed by atoms with Crippen LogP contribution in [0, 0.1) is 0 Å². The standard InChI is InChI=1S/C15H32O5SiTe/c1-7-18-21(19-8-2,20-9-3)13-11-10-12-17-14(16)15(4,5)22-6/h7-13H2,1-6H3. The Labute approximate surface area is 146 Å². The molecule has 0 N–H and O–H groups in total. The van der Waals surface area contributed by atoms with Crippen molar-refractivity contribution in [2.75, 3.05) is 26.4 Å². The molecule has 0 saturated heterocycles. The second kappa shape index (κ2) is 11.8. The molecule has 0 aromatic carbocycles. The molecule has 0 bridgehead atoms. The van der Waals surface area contributed by atoms with Crippen LogP contribution in [-0.4, -0.2) is 62.1 Å². The Morgan fingerprint density at radius 3 is 1.91 bits per heavy atom. The molecule has 0 aliphatic rings. The van der Waals surface area contributed by atoms with Gasteiger partial charge in [0.25, 0.3) is 0 Å². The fourth-order valence-corrected chi connectivity index (χ4v) is 5.20. The maximum atomic E-state index is 11.9. The zero-order chi connectivity index (χ0) is 17.1. The van der Waals surface area contributed by atoms with Crippen LogP contribution in [0.25, 0.3) is 0 Å². The Kier molecular flexibility index (Phi) is 12.0. The van der Waals surface area contributed by atoms with Gasteiger partial charge in [-0.05, 0) is 0 Å². The number of unbranched alkanes of at least 4 members (excludes halogenated alkanes) is 1. The molecule has 0 rings (SSSR count). The summed E-state index contributed by atoms with van der Waals surface area (Å²) < 4.78 is 22.5. The van der Waals surface area contributed by atoms with E-state index in [1.165, 1.54) is 0 Å². The molecule has 0 aromatic heterocycles. The summed E-state index contributed by atoms with van der Waals surface area (Å²) in [5.41, 5.74) is 0. The Morgan fingerprint density at radius 2 is 1.50 bits per heavy atom. The van der Waals surface area contributed by atoms with Crippen molar-refractivity contribution in [2.24, 2.45) is 0 Å². The fourth-order valence-electron chi connectivity index (χ4n) is 1.87. The summed E-state index contributed by atoms with van der Waals surface area (Å²) in [4.78, 5) is 14.0. The van der Waals surface area contributed by atoms with Gasteiger partial charge in [0.1, 0.15) is 0 Å². The van der Waals surface area contributed by atoms with Gasteiger partial charge in [0.15, 0.2) is 0 Å². The first kappa shape index (κ1) is 22.4. The molecule has 22 heavy (non-hydrogen) atoms. The molecule has 0 aliphatic carbocycles. The number of carbonyl (C=O) groups is 1. The summed E-state index contributed by atoms with van der Waals surface area (Å²) in [6, 6.07) is 0.769. The summed E-state index contributed by atoms with van der Waals surface area (Å²) in [7, 11) is -2.55. The molecule has 7 heteroatoms. The molecule has 0 fully saturated rings. The molecular formula is C15H32O5SiTe. The average Bonchev–Trinajstić information content (AvgIpc) is 2.47. The second-order valence-electron chi connectivity index (χ2n) is 5.29. The number of carbonyl (C=O) groups excluding carboxylic acids is 1. The summed E-state index contributed by atoms with van der Waals surface area (Å²) in [5.74, 6) is -0.0691. The Bertz CT molecular complexity index is 295. The van der Waals surface area contributed by atoms with Crippen molar-refractivity contribution in [3.8, 4) is 0 Å². The van der Waals surface area contributed by atoms with Gasteiger partial charge < -0.3 is 0 Å². The fraction of sp³-hybridized carbons (Fsp3) is 0.933. The molecule has 0 amide bonds. The van der Waals surface area contributed by atoms with Crippen LogP contribution in [-0.2, 0) is 22.8 Å². The first-order valence-electron chi connectivity index (χ1n) is 8.01. The van der Waals surface area contributed by atoms with Gasteiger partial charge in [-0.1, -0.05) is 0 Å². The SMILES string of the molecule is CCO[Si](CCCCOC(=O)C(C)(C)[Te]C)(OCC)OCC. The van der Waals surface area contributed by atoms with Crippen molar-refractivity contribution in [1.29, 1.82) is 0 Å². The number of ether oxygens (including phenoxy) is 1. The molecule has 0 aliphatic heterocycles. The molecule has 5 nitrogen and oxygen atoms in total. The minimum atomic E-state index is -2.55. The van der Waals surface area contributed by atoms with Crippen molar-refractivity contribution in [3.05, 3.63) is 0 Å². The van der Waals surface area contributed by atoms with Crippen LogP contribution in [0.2, 0.25) is 14.5 Å². The Balaban J connectivity index is 4.20. The van der Waals surface area contributed by atoms with Crippen molar-refractivity contribution in [3.63, 3.8) is 0 Å². The summed E-state index contributed by atoms with van der Waals surface area (Å²) >= 11 is -0.339. The number of hydrogen-bond donors (Lipinski definition) is 0. The van der Waals surface area contributed by atoms with Crippen LogP contribution in [0.5, 0.6) is 0 Å². The molecule has 0 radical (unpaired) electrons. The van der Waals surface area contributed by atoms with Crippen molar-refractivity contribution in [2.45, 2.75) is 61.9 Å². The van der Waals surface area contributed by atoms with Crippen LogP contribution in [0.4, 0.5) is 0 Å². The van der Waals surface area contributed by atoms with Gasteiger partial charge in [-0.2, -0.15) is 0 Å². The quantitative estimate of drug-likeness (QED) is 0.246. The Hall–Kier alpha value is 0.356. The number of hydrogen-bond acceptors (Lipinski definition) is 5. The van der Waals surface area contributed by atoms with Crippen molar-refractivity contribution >= 4 is 35.7 Å². The third kappa shape index (κ3) is 8.28. The molecule has 0 heterocycles. The van der Waals surface area contributed by atoms with Crippen LogP contribution >= 0.6 is 0 Å². The van der Waals surface area contributed by atoms with E-state index in [4.69, 9.17) is 18.0 Å². The van der Waals surface area contributed by atoms with E-state index in [0.29, 0.717) is 26.4 Å². The van der Waals surface area contributed by atoms with Gasteiger partial charge in [-0.3, -0.25) is 0 Å². The zero-order valence-electron chi connectivity index (χ0n) is 14.9. The monoisotopic (exact) mass is 450 g/mol. The first-order chi connectivity index (χ1) is 10.4. The van der Waals surface area contributed by atoms with Crippen molar-refractivity contribution in [1.82, 2.24) is 0 Å². The number of esters is 1. The van der Waals surface area contributed by atoms with Gasteiger partial charge in [0.05, 0.1) is 0 Å². The third-order valence-corrected chi connectivity index (χ3v) is 9.75. The van der Waals surface area contributed by atoms with E-state index in [-0.39, 0.29) is 30.4 Å². The van der Waals surface area contributed by atoms with E-state index in [2.05, 4.69) is 4.97 Å². The molecule has 0 spiro atoms. The van der Waals surface area contributed by atoms with E-state index in [1.807, 2.05) is 34.6 Å². The Morgan fingerprint density at radius 1 is 1.00 bits per heavy atom. The predicted molar refractivity (Wildman–Crippen MR) is 91.3 cm³/mol. The second-order valence-corrected chi connectivity index (χ2v) is 12.1. The molecular weight excluding hydrogens is 416 g/mol. The first-order valence-corrected chi connectivity index (χ1v) is 13.4. The van der Waals surface area contributed by atoms with Crippen LogP contribution < -0.4 is 0 Å². The van der Waals surface area contributed by atoms with E-state index < -0.39 is 8.80 Å². The summed E-state index contributed by atoms with van der Waals surface area (Å²) in [6.45, 7) is 12.0. The molecule has 0 unspecified atom stereocenters. The molecule has 0 aromatic rings. The van der Waals surface area contributed by atoms with Gasteiger partial charge in [-0.25, -0.2) is 0 Å². The van der Waals surface area contributed by atoms with E-state index in [1.54, 1.807) is 0 Å². The summed E-state index contributed by atoms with van der Waals surface area (Å²) in [6.07, 6.45) is 1.69. The maximum absolute atomic E-state index is 11.9. The van der Waals surface area contributed by atoms with E-state index in [9.17, 15) is 4.79 Å². The van der Waals surface area contributed by atoms with E-state index >= 15 is 0 Å². The van der Waals surface area contributed by atoms with E-state index in [0.717, 1.165) is 18.9 Å². The normalized spacial score (nSPS) is 12.5. The van der Waals surface area contributed by atoms with Crippen molar-refractivity contribution < 1.29 is 22.8 Å². The topological polar surface area (TPSA) is 54.0 Å². The molecule has 0 saturated carbocycles. The van der Waals surface area contributed by atoms with Gasteiger partial charge in [0, 0.05) is 0 Å². The van der Waals surface area contributed by atoms with Gasteiger partial charge in [0.2, 0.25) is 0 Å². The molecule has 0 atom stereocenters. The third-order valence-electron chi connectivity index (χ3n) is 3.21. The predicted octanol–water partition coefficient (Wildman–Crippen LogP) is 3.31. The van der Waals surface area contributed by atoms with Crippen LogP contribution in [0.3, 0.4) is 0 Å².